The highest BCUT2D eigenvalue weighted by Gasteiger charge is 2.41. The molecule has 2 rings (SSSR count). The molecule has 0 bridgehead atoms. The zero-order valence-electron chi connectivity index (χ0n) is 9.20. The Morgan fingerprint density at radius 3 is 2.75 bits per heavy atom. The van der Waals surface area contributed by atoms with Gasteiger partial charge in [-0.15, -0.1) is 0 Å². The van der Waals surface area contributed by atoms with Crippen LogP contribution in [0.1, 0.15) is 12.0 Å². The number of thiol groups is 1. The minimum Gasteiger partial charge on any atom is -0.496 e. The second kappa shape index (κ2) is 4.63. The summed E-state index contributed by atoms with van der Waals surface area (Å²) in [7, 11) is 1.60. The van der Waals surface area contributed by atoms with Crippen LogP contribution in [0.5, 0.6) is 5.75 Å². The lowest BCUT2D eigenvalue weighted by atomic mass is 9.76. The van der Waals surface area contributed by atoms with E-state index in [1.807, 2.05) is 0 Å². The van der Waals surface area contributed by atoms with Gasteiger partial charge in [0.15, 0.2) is 0 Å². The lowest BCUT2D eigenvalue weighted by Crippen LogP contribution is -2.47. The van der Waals surface area contributed by atoms with Crippen molar-refractivity contribution in [2.75, 3.05) is 26.1 Å². The minimum absolute atomic E-state index is 0.116. The average molecular weight is 242 g/mol. The third-order valence-corrected chi connectivity index (χ3v) is 3.30. The first-order chi connectivity index (χ1) is 7.72. The van der Waals surface area contributed by atoms with Gasteiger partial charge in [0.2, 0.25) is 0 Å². The minimum atomic E-state index is -0.235. The molecule has 0 saturated carbocycles. The van der Waals surface area contributed by atoms with Gasteiger partial charge >= 0.3 is 0 Å². The summed E-state index contributed by atoms with van der Waals surface area (Å²) in [5.74, 6) is 1.25. The average Bonchev–Trinajstić information content (AvgIpc) is 2.23. The molecule has 1 saturated heterocycles. The van der Waals surface area contributed by atoms with Gasteiger partial charge in [0.05, 0.1) is 20.3 Å². The van der Waals surface area contributed by atoms with Crippen LogP contribution in [0.25, 0.3) is 0 Å². The molecule has 0 amide bonds. The summed E-state index contributed by atoms with van der Waals surface area (Å²) in [5.41, 5.74) is 0.783. The molecular formula is C12H15FO2S. The molecule has 1 aliphatic heterocycles. The first kappa shape index (κ1) is 11.7. The molecule has 2 nitrogen and oxygen atoms in total. The van der Waals surface area contributed by atoms with Crippen LogP contribution in [0, 0.1) is 5.82 Å². The van der Waals surface area contributed by atoms with Crippen molar-refractivity contribution < 1.29 is 13.9 Å². The largest absolute Gasteiger partial charge is 0.496 e. The van der Waals surface area contributed by atoms with Gasteiger partial charge in [-0.2, -0.15) is 12.6 Å². The van der Waals surface area contributed by atoms with Crippen LogP contribution in [-0.2, 0) is 10.2 Å². The summed E-state index contributed by atoms with van der Waals surface area (Å²) in [6.45, 7) is 1.24. The van der Waals surface area contributed by atoms with Crippen molar-refractivity contribution in [1.82, 2.24) is 0 Å². The van der Waals surface area contributed by atoms with Crippen molar-refractivity contribution >= 4 is 12.6 Å². The van der Waals surface area contributed by atoms with Crippen LogP contribution in [0.15, 0.2) is 18.2 Å². The Morgan fingerprint density at radius 2 is 2.25 bits per heavy atom. The van der Waals surface area contributed by atoms with Gasteiger partial charge in [0.25, 0.3) is 0 Å². The molecule has 1 aliphatic rings. The van der Waals surface area contributed by atoms with Gasteiger partial charge in [-0.1, -0.05) is 0 Å². The van der Waals surface area contributed by atoms with E-state index < -0.39 is 0 Å². The Hall–Kier alpha value is -0.740. The molecule has 0 N–H and O–H groups in total. The molecule has 1 aromatic rings. The maximum atomic E-state index is 13.3. The first-order valence-electron chi connectivity index (χ1n) is 5.24. The van der Waals surface area contributed by atoms with E-state index in [9.17, 15) is 4.39 Å². The van der Waals surface area contributed by atoms with Crippen molar-refractivity contribution in [2.45, 2.75) is 11.8 Å². The number of benzene rings is 1. The Morgan fingerprint density at radius 1 is 1.50 bits per heavy atom. The van der Waals surface area contributed by atoms with Gasteiger partial charge in [-0.25, -0.2) is 4.39 Å². The SMILES string of the molecule is COc1ccc(F)cc1C1(CCS)COC1. The molecule has 0 aliphatic carbocycles. The van der Waals surface area contributed by atoms with Gasteiger partial charge in [-0.05, 0) is 30.4 Å². The second-order valence-corrected chi connectivity index (χ2v) is 4.54. The summed E-state index contributed by atoms with van der Waals surface area (Å²) in [4.78, 5) is 0. The van der Waals surface area contributed by atoms with E-state index in [1.54, 1.807) is 19.2 Å². The summed E-state index contributed by atoms with van der Waals surface area (Å²) in [6.07, 6.45) is 0.871. The van der Waals surface area contributed by atoms with Crippen molar-refractivity contribution in [3.8, 4) is 5.75 Å². The maximum absolute atomic E-state index is 13.3. The highest BCUT2D eigenvalue weighted by molar-refractivity contribution is 7.80. The molecule has 88 valence electrons. The maximum Gasteiger partial charge on any atom is 0.123 e. The molecule has 0 spiro atoms. The molecule has 1 aromatic carbocycles. The molecule has 0 aromatic heterocycles. The first-order valence-corrected chi connectivity index (χ1v) is 5.88. The highest BCUT2D eigenvalue weighted by atomic mass is 32.1. The highest BCUT2D eigenvalue weighted by Crippen LogP contribution is 2.41. The zero-order chi connectivity index (χ0) is 11.6. The number of ether oxygens (including phenoxy) is 2. The molecule has 1 heterocycles. The van der Waals surface area contributed by atoms with Crippen molar-refractivity contribution in [3.63, 3.8) is 0 Å². The fourth-order valence-electron chi connectivity index (χ4n) is 2.09. The Balaban J connectivity index is 2.40. The van der Waals surface area contributed by atoms with Crippen LogP contribution in [0.2, 0.25) is 0 Å². The van der Waals surface area contributed by atoms with Gasteiger partial charge < -0.3 is 9.47 Å². The quantitative estimate of drug-likeness (QED) is 0.817. The van der Waals surface area contributed by atoms with Crippen LogP contribution < -0.4 is 4.74 Å². The predicted molar refractivity (Wildman–Crippen MR) is 63.9 cm³/mol. The predicted octanol–water partition coefficient (Wildman–Crippen LogP) is 2.42. The van der Waals surface area contributed by atoms with Crippen molar-refractivity contribution in [2.24, 2.45) is 0 Å². The molecule has 0 radical (unpaired) electrons. The summed E-state index contributed by atoms with van der Waals surface area (Å²) in [5, 5.41) is 0. The fraction of sp³-hybridized carbons (Fsp3) is 0.500. The number of hydrogen-bond donors (Lipinski definition) is 1. The van der Waals surface area contributed by atoms with Crippen molar-refractivity contribution in [1.29, 1.82) is 0 Å². The smallest absolute Gasteiger partial charge is 0.123 e. The normalized spacial score (nSPS) is 17.9. The van der Waals surface area contributed by atoms with E-state index in [0.717, 1.165) is 23.5 Å². The van der Waals surface area contributed by atoms with E-state index in [2.05, 4.69) is 12.6 Å². The summed E-state index contributed by atoms with van der Waals surface area (Å²) < 4.78 is 23.9. The third kappa shape index (κ3) is 1.92. The lowest BCUT2D eigenvalue weighted by Gasteiger charge is -2.42. The molecule has 16 heavy (non-hydrogen) atoms. The topological polar surface area (TPSA) is 18.5 Å². The van der Waals surface area contributed by atoms with Crippen LogP contribution in [0.4, 0.5) is 4.39 Å². The second-order valence-electron chi connectivity index (χ2n) is 4.09. The molecular weight excluding hydrogens is 227 g/mol. The number of rotatable bonds is 4. The lowest BCUT2D eigenvalue weighted by molar-refractivity contribution is -0.0623. The number of methoxy groups -OCH3 is 1. The Kier molecular flexibility index (Phi) is 3.40. The van der Waals surface area contributed by atoms with Crippen LogP contribution >= 0.6 is 12.6 Å². The van der Waals surface area contributed by atoms with E-state index >= 15 is 0 Å². The summed E-state index contributed by atoms with van der Waals surface area (Å²) >= 11 is 4.25. The van der Waals surface area contributed by atoms with E-state index in [4.69, 9.17) is 9.47 Å². The molecule has 1 fully saturated rings. The van der Waals surface area contributed by atoms with Gasteiger partial charge in [-0.3, -0.25) is 0 Å². The molecule has 0 unspecified atom stereocenters. The number of hydrogen-bond acceptors (Lipinski definition) is 3. The van der Waals surface area contributed by atoms with E-state index in [1.165, 1.54) is 6.07 Å². The van der Waals surface area contributed by atoms with E-state index in [-0.39, 0.29) is 11.2 Å². The van der Waals surface area contributed by atoms with Gasteiger partial charge in [0, 0.05) is 11.0 Å². The van der Waals surface area contributed by atoms with E-state index in [0.29, 0.717) is 13.2 Å². The third-order valence-electron chi connectivity index (χ3n) is 3.08. The number of halogens is 1. The van der Waals surface area contributed by atoms with Crippen LogP contribution in [0.3, 0.4) is 0 Å². The zero-order valence-corrected chi connectivity index (χ0v) is 10.1. The Bertz CT molecular complexity index is 377. The Labute approximate surface area is 100 Å². The van der Waals surface area contributed by atoms with Gasteiger partial charge in [0.1, 0.15) is 11.6 Å². The van der Waals surface area contributed by atoms with Crippen LogP contribution in [-0.4, -0.2) is 26.1 Å². The standard InChI is InChI=1S/C12H15FO2S/c1-14-11-3-2-9(13)6-10(11)12(4-5-16)7-15-8-12/h2-3,6,16H,4-5,7-8H2,1H3. The monoisotopic (exact) mass is 242 g/mol. The molecule has 4 heteroatoms. The van der Waals surface area contributed by atoms with Crippen molar-refractivity contribution in [3.05, 3.63) is 29.6 Å². The fourth-order valence-corrected chi connectivity index (χ4v) is 2.52. The summed E-state index contributed by atoms with van der Waals surface area (Å²) in [6, 6.07) is 4.63. The molecule has 0 atom stereocenters.